The third kappa shape index (κ3) is 5.29. The van der Waals surface area contributed by atoms with Crippen LogP contribution >= 0.6 is 0 Å². The molecule has 0 aliphatic carbocycles. The molecule has 1 aromatic rings. The molecular formula is C21H34N2O2. The lowest BCUT2D eigenvalue weighted by molar-refractivity contribution is -0.136. The molecule has 0 N–H and O–H groups in total. The molecule has 1 aromatic carbocycles. The van der Waals surface area contributed by atoms with Crippen LogP contribution in [0.25, 0.3) is 0 Å². The van der Waals surface area contributed by atoms with Gasteiger partial charge in [-0.15, -0.1) is 0 Å². The number of hydrogen-bond acceptors (Lipinski definition) is 4. The number of benzene rings is 1. The lowest BCUT2D eigenvalue weighted by Crippen LogP contribution is -2.50. The molecule has 140 valence electrons. The number of nitrogens with zero attached hydrogens (tertiary/aromatic N) is 2. The summed E-state index contributed by atoms with van der Waals surface area (Å²) in [7, 11) is 0. The van der Waals surface area contributed by atoms with Crippen LogP contribution in [0.5, 0.6) is 5.75 Å². The van der Waals surface area contributed by atoms with Crippen molar-refractivity contribution in [3.63, 3.8) is 0 Å². The second-order valence-electron chi connectivity index (χ2n) is 7.95. The zero-order valence-corrected chi connectivity index (χ0v) is 16.7. The molecular weight excluding hydrogens is 312 g/mol. The molecule has 4 nitrogen and oxygen atoms in total. The van der Waals surface area contributed by atoms with Crippen LogP contribution in [-0.2, 0) is 4.79 Å². The van der Waals surface area contributed by atoms with Crippen LogP contribution in [0.15, 0.2) is 18.2 Å². The molecule has 0 aromatic heterocycles. The number of carbonyl (C=O) groups is 1. The van der Waals surface area contributed by atoms with Gasteiger partial charge in [-0.05, 0) is 36.8 Å². The van der Waals surface area contributed by atoms with Gasteiger partial charge >= 0.3 is 5.97 Å². The second-order valence-corrected chi connectivity index (χ2v) is 7.95. The molecule has 2 rings (SSSR count). The molecule has 0 atom stereocenters. The average molecular weight is 347 g/mol. The lowest BCUT2D eigenvalue weighted by Gasteiger charge is -2.36. The van der Waals surface area contributed by atoms with Crippen LogP contribution in [0.4, 0.5) is 0 Å². The highest BCUT2D eigenvalue weighted by atomic mass is 16.5. The quantitative estimate of drug-likeness (QED) is 0.578. The van der Waals surface area contributed by atoms with Gasteiger partial charge < -0.3 is 4.74 Å². The first-order valence-electron chi connectivity index (χ1n) is 9.59. The van der Waals surface area contributed by atoms with Crippen molar-refractivity contribution < 1.29 is 9.53 Å². The summed E-state index contributed by atoms with van der Waals surface area (Å²) in [5.74, 6) is 1.29. The fraction of sp³-hybridized carbons (Fsp3) is 0.667. The normalized spacial score (nSPS) is 16.8. The van der Waals surface area contributed by atoms with Crippen molar-refractivity contribution in [3.8, 4) is 5.75 Å². The molecule has 0 bridgehead atoms. The first kappa shape index (κ1) is 19.9. The van der Waals surface area contributed by atoms with E-state index >= 15 is 0 Å². The summed E-state index contributed by atoms with van der Waals surface area (Å²) in [5, 5.41) is 0. The van der Waals surface area contributed by atoms with Crippen LogP contribution < -0.4 is 4.74 Å². The smallest absolute Gasteiger partial charge is 0.325 e. The Bertz CT molecular complexity index is 547. The largest absolute Gasteiger partial charge is 0.425 e. The van der Waals surface area contributed by atoms with E-state index in [1.807, 2.05) is 0 Å². The standard InChI is InChI=1S/C21H34N2O2/c1-15(2)18-8-7-9-19(16(3)4)21(18)25-20(24)14-22-10-12-23(13-11-22)17(5)6/h7-9,15-17H,10-14H2,1-6H3. The van der Waals surface area contributed by atoms with Gasteiger partial charge in [0.2, 0.25) is 0 Å². The van der Waals surface area contributed by atoms with Crippen molar-refractivity contribution >= 4 is 5.97 Å². The van der Waals surface area contributed by atoms with E-state index in [4.69, 9.17) is 4.74 Å². The fourth-order valence-electron chi connectivity index (χ4n) is 3.37. The summed E-state index contributed by atoms with van der Waals surface area (Å²) in [5.41, 5.74) is 2.23. The van der Waals surface area contributed by atoms with E-state index in [9.17, 15) is 4.79 Å². The zero-order chi connectivity index (χ0) is 18.6. The van der Waals surface area contributed by atoms with Crippen LogP contribution in [0.1, 0.15) is 64.5 Å². The maximum absolute atomic E-state index is 12.6. The van der Waals surface area contributed by atoms with Gasteiger partial charge in [-0.1, -0.05) is 45.9 Å². The van der Waals surface area contributed by atoms with E-state index in [1.54, 1.807) is 0 Å². The topological polar surface area (TPSA) is 32.8 Å². The number of ether oxygens (including phenoxy) is 1. The molecule has 25 heavy (non-hydrogen) atoms. The fourth-order valence-corrected chi connectivity index (χ4v) is 3.37. The SMILES string of the molecule is CC(C)c1cccc(C(C)C)c1OC(=O)CN1CCN(C(C)C)CC1. The van der Waals surface area contributed by atoms with Crippen LogP contribution in [0, 0.1) is 0 Å². The summed E-state index contributed by atoms with van der Waals surface area (Å²) in [6, 6.07) is 6.77. The van der Waals surface area contributed by atoms with E-state index in [2.05, 4.69) is 69.5 Å². The average Bonchev–Trinajstić information content (AvgIpc) is 2.54. The first-order valence-corrected chi connectivity index (χ1v) is 9.59. The van der Waals surface area contributed by atoms with Crippen molar-refractivity contribution in [2.45, 2.75) is 59.4 Å². The van der Waals surface area contributed by atoms with Gasteiger partial charge in [-0.3, -0.25) is 14.6 Å². The number of piperazine rings is 1. The van der Waals surface area contributed by atoms with Crippen molar-refractivity contribution in [1.29, 1.82) is 0 Å². The predicted molar refractivity (Wildman–Crippen MR) is 103 cm³/mol. The van der Waals surface area contributed by atoms with E-state index in [0.717, 1.165) is 43.1 Å². The lowest BCUT2D eigenvalue weighted by atomic mass is 9.94. The Hall–Kier alpha value is -1.39. The monoisotopic (exact) mass is 346 g/mol. The van der Waals surface area contributed by atoms with Gasteiger partial charge in [0.25, 0.3) is 0 Å². The van der Waals surface area contributed by atoms with Gasteiger partial charge in [0.05, 0.1) is 6.54 Å². The van der Waals surface area contributed by atoms with E-state index < -0.39 is 0 Å². The third-order valence-electron chi connectivity index (χ3n) is 5.03. The molecule has 0 spiro atoms. The Morgan fingerprint density at radius 2 is 1.48 bits per heavy atom. The molecule has 1 aliphatic heterocycles. The minimum atomic E-state index is -0.145. The highest BCUT2D eigenvalue weighted by Crippen LogP contribution is 2.34. The molecule has 1 saturated heterocycles. The molecule has 1 heterocycles. The second kappa shape index (κ2) is 8.81. The zero-order valence-electron chi connectivity index (χ0n) is 16.7. The minimum Gasteiger partial charge on any atom is -0.425 e. The molecule has 1 fully saturated rings. The molecule has 0 radical (unpaired) electrons. The van der Waals surface area contributed by atoms with E-state index in [-0.39, 0.29) is 5.97 Å². The summed E-state index contributed by atoms with van der Waals surface area (Å²) >= 11 is 0. The third-order valence-corrected chi connectivity index (χ3v) is 5.03. The summed E-state index contributed by atoms with van der Waals surface area (Å²) in [6.45, 7) is 17.3. The van der Waals surface area contributed by atoms with Crippen LogP contribution in [-0.4, -0.2) is 54.5 Å². The maximum Gasteiger partial charge on any atom is 0.325 e. The molecule has 4 heteroatoms. The molecule has 0 unspecified atom stereocenters. The number of rotatable bonds is 6. The van der Waals surface area contributed by atoms with E-state index in [1.165, 1.54) is 0 Å². The van der Waals surface area contributed by atoms with Gasteiger partial charge in [0, 0.05) is 32.2 Å². The Morgan fingerprint density at radius 3 is 1.92 bits per heavy atom. The van der Waals surface area contributed by atoms with Gasteiger partial charge in [-0.2, -0.15) is 0 Å². The molecule has 0 saturated carbocycles. The van der Waals surface area contributed by atoms with Gasteiger partial charge in [0.1, 0.15) is 5.75 Å². The van der Waals surface area contributed by atoms with Crippen molar-refractivity contribution in [2.75, 3.05) is 32.7 Å². The Kier molecular flexibility index (Phi) is 7.03. The van der Waals surface area contributed by atoms with Crippen molar-refractivity contribution in [3.05, 3.63) is 29.3 Å². The maximum atomic E-state index is 12.6. The Morgan fingerprint density at radius 1 is 0.960 bits per heavy atom. The highest BCUT2D eigenvalue weighted by molar-refractivity contribution is 5.75. The number of hydrogen-bond donors (Lipinski definition) is 0. The molecule has 0 amide bonds. The summed E-state index contributed by atoms with van der Waals surface area (Å²) in [6.07, 6.45) is 0. The number of para-hydroxylation sites is 1. The minimum absolute atomic E-state index is 0.145. The highest BCUT2D eigenvalue weighted by Gasteiger charge is 2.23. The number of carbonyl (C=O) groups excluding carboxylic acids is 1. The van der Waals surface area contributed by atoms with Crippen molar-refractivity contribution in [2.24, 2.45) is 0 Å². The molecule has 1 aliphatic rings. The van der Waals surface area contributed by atoms with Crippen LogP contribution in [0.2, 0.25) is 0 Å². The first-order chi connectivity index (χ1) is 11.8. The van der Waals surface area contributed by atoms with Crippen LogP contribution in [0.3, 0.4) is 0 Å². The predicted octanol–water partition coefficient (Wildman–Crippen LogP) is 3.86. The number of esters is 1. The van der Waals surface area contributed by atoms with Gasteiger partial charge in [-0.25, -0.2) is 0 Å². The Labute approximate surface area is 153 Å². The van der Waals surface area contributed by atoms with Crippen molar-refractivity contribution in [1.82, 2.24) is 9.80 Å². The Balaban J connectivity index is 2.03. The summed E-state index contributed by atoms with van der Waals surface area (Å²) < 4.78 is 5.88. The summed E-state index contributed by atoms with van der Waals surface area (Å²) in [4.78, 5) is 17.2. The van der Waals surface area contributed by atoms with Gasteiger partial charge in [0.15, 0.2) is 0 Å². The van der Waals surface area contributed by atoms with E-state index in [0.29, 0.717) is 24.4 Å².